The van der Waals surface area contributed by atoms with Crippen molar-refractivity contribution < 1.29 is 4.79 Å². The van der Waals surface area contributed by atoms with Crippen molar-refractivity contribution in [2.75, 3.05) is 18.8 Å². The van der Waals surface area contributed by atoms with Crippen LogP contribution < -0.4 is 11.2 Å². The Morgan fingerprint density at radius 1 is 1.26 bits per heavy atom. The lowest BCUT2D eigenvalue weighted by Crippen LogP contribution is -2.40. The fourth-order valence-corrected chi connectivity index (χ4v) is 4.64. The molecule has 2 aromatic rings. The number of piperidine rings is 1. The van der Waals surface area contributed by atoms with Gasteiger partial charge in [0.15, 0.2) is 16.3 Å². The number of aryl methyl sites for hydroxylation is 1. The lowest BCUT2D eigenvalue weighted by atomic mass is 10.0. The lowest BCUT2D eigenvalue weighted by molar-refractivity contribution is -0.130. The molecule has 0 bridgehead atoms. The molecule has 1 atom stereocenters. The van der Waals surface area contributed by atoms with E-state index in [0.29, 0.717) is 22.2 Å². The van der Waals surface area contributed by atoms with Crippen LogP contribution in [0.25, 0.3) is 11.2 Å². The summed E-state index contributed by atoms with van der Waals surface area (Å²) in [6, 6.07) is -0.0205. The van der Waals surface area contributed by atoms with Crippen LogP contribution in [0.1, 0.15) is 39.7 Å². The van der Waals surface area contributed by atoms with E-state index in [9.17, 15) is 14.4 Å². The Hall–Kier alpha value is -2.03. The highest BCUT2D eigenvalue weighted by Crippen LogP contribution is 2.26. The molecule has 0 saturated carbocycles. The van der Waals surface area contributed by atoms with Crippen LogP contribution in [0.5, 0.6) is 0 Å². The number of hydrogen-bond donors (Lipinski definition) is 0. The second-order valence-electron chi connectivity index (χ2n) is 7.61. The molecule has 1 aliphatic heterocycles. The number of rotatable bonds is 4. The third-order valence-corrected chi connectivity index (χ3v) is 6.05. The molecule has 8 nitrogen and oxygen atoms in total. The molecule has 0 spiro atoms. The first-order valence-electron chi connectivity index (χ1n) is 9.30. The van der Waals surface area contributed by atoms with E-state index < -0.39 is 5.69 Å². The molecule has 0 aromatic carbocycles. The highest BCUT2D eigenvalue weighted by atomic mass is 32.2. The van der Waals surface area contributed by atoms with E-state index in [1.807, 2.05) is 23.3 Å². The number of amides is 1. The van der Waals surface area contributed by atoms with Crippen LogP contribution in [0.4, 0.5) is 0 Å². The summed E-state index contributed by atoms with van der Waals surface area (Å²) in [5.41, 5.74) is -0.0114. The van der Waals surface area contributed by atoms with Gasteiger partial charge in [-0.25, -0.2) is 9.78 Å². The predicted octanol–water partition coefficient (Wildman–Crippen LogP) is 1.37. The Morgan fingerprint density at radius 2 is 1.96 bits per heavy atom. The van der Waals surface area contributed by atoms with E-state index in [4.69, 9.17) is 0 Å². The molecule has 3 rings (SSSR count). The first-order chi connectivity index (χ1) is 12.7. The molecule has 1 unspecified atom stereocenters. The summed E-state index contributed by atoms with van der Waals surface area (Å²) >= 11 is 1.33. The van der Waals surface area contributed by atoms with Gasteiger partial charge in [-0.3, -0.25) is 18.7 Å². The number of carbonyl (C=O) groups is 1. The first-order valence-corrected chi connectivity index (χ1v) is 10.3. The third kappa shape index (κ3) is 3.56. The van der Waals surface area contributed by atoms with Crippen LogP contribution in [0.15, 0.2) is 14.7 Å². The number of aromatic nitrogens is 4. The summed E-state index contributed by atoms with van der Waals surface area (Å²) in [7, 11) is 3.08. The Kier molecular flexibility index (Phi) is 5.50. The Bertz CT molecular complexity index is 988. The van der Waals surface area contributed by atoms with Gasteiger partial charge < -0.3 is 9.47 Å². The van der Waals surface area contributed by atoms with Crippen molar-refractivity contribution in [2.24, 2.45) is 20.0 Å². The summed E-state index contributed by atoms with van der Waals surface area (Å²) in [5, 5.41) is 0.594. The van der Waals surface area contributed by atoms with Gasteiger partial charge in [-0.1, -0.05) is 18.7 Å². The molecule has 3 heterocycles. The minimum Gasteiger partial charge on any atom is -0.342 e. The molecule has 27 heavy (non-hydrogen) atoms. The van der Waals surface area contributed by atoms with Crippen molar-refractivity contribution in [1.82, 2.24) is 23.6 Å². The van der Waals surface area contributed by atoms with Gasteiger partial charge in [-0.2, -0.15) is 0 Å². The van der Waals surface area contributed by atoms with Crippen LogP contribution in [0.3, 0.4) is 0 Å². The molecule has 1 fully saturated rings. The molecule has 0 radical (unpaired) electrons. The Morgan fingerprint density at radius 3 is 2.59 bits per heavy atom. The summed E-state index contributed by atoms with van der Waals surface area (Å²) in [5.74, 6) is 0.901. The maximum absolute atomic E-state index is 12.7. The summed E-state index contributed by atoms with van der Waals surface area (Å²) < 4.78 is 4.30. The molecule has 1 aliphatic rings. The number of likely N-dealkylation sites (tertiary alicyclic amines) is 1. The molecule has 9 heteroatoms. The largest absolute Gasteiger partial charge is 0.342 e. The molecule has 1 saturated heterocycles. The van der Waals surface area contributed by atoms with Crippen LogP contribution in [0, 0.1) is 5.92 Å². The van der Waals surface area contributed by atoms with E-state index >= 15 is 0 Å². The van der Waals surface area contributed by atoms with Crippen LogP contribution in [0.2, 0.25) is 0 Å². The van der Waals surface area contributed by atoms with E-state index in [2.05, 4.69) is 11.9 Å². The first kappa shape index (κ1) is 19.7. The van der Waals surface area contributed by atoms with Gasteiger partial charge in [0.2, 0.25) is 5.91 Å². The van der Waals surface area contributed by atoms with E-state index in [1.165, 1.54) is 23.4 Å². The number of fused-ring (bicyclic) bond motifs is 1. The average Bonchev–Trinajstić information content (AvgIpc) is 3.02. The van der Waals surface area contributed by atoms with Gasteiger partial charge in [-0.15, -0.1) is 0 Å². The number of imidazole rings is 1. The molecule has 148 valence electrons. The van der Waals surface area contributed by atoms with E-state index in [0.717, 1.165) is 30.5 Å². The van der Waals surface area contributed by atoms with Crippen LogP contribution in [-0.2, 0) is 18.9 Å². The van der Waals surface area contributed by atoms with Crippen molar-refractivity contribution in [1.29, 1.82) is 0 Å². The van der Waals surface area contributed by atoms with E-state index in [-0.39, 0.29) is 23.3 Å². The van der Waals surface area contributed by atoms with Crippen molar-refractivity contribution in [3.05, 3.63) is 20.8 Å². The molecular formula is C18H27N5O3S. The van der Waals surface area contributed by atoms with Gasteiger partial charge in [0.05, 0.1) is 5.75 Å². The van der Waals surface area contributed by atoms with Gasteiger partial charge in [0.1, 0.15) is 0 Å². The minimum absolute atomic E-state index is 0.0205. The van der Waals surface area contributed by atoms with Gasteiger partial charge in [-0.05, 0) is 32.6 Å². The molecule has 0 N–H and O–H groups in total. The molecule has 0 aliphatic carbocycles. The zero-order valence-corrected chi connectivity index (χ0v) is 17.4. The molecule has 1 amide bonds. The topological polar surface area (TPSA) is 82.1 Å². The van der Waals surface area contributed by atoms with E-state index in [1.54, 1.807) is 7.05 Å². The number of nitrogens with zero attached hydrogens (tertiary/aromatic N) is 5. The zero-order valence-electron chi connectivity index (χ0n) is 16.6. The monoisotopic (exact) mass is 393 g/mol. The second kappa shape index (κ2) is 7.53. The Labute approximate surface area is 162 Å². The highest BCUT2D eigenvalue weighted by Gasteiger charge is 2.24. The van der Waals surface area contributed by atoms with Crippen LogP contribution >= 0.6 is 11.8 Å². The minimum atomic E-state index is -0.407. The smallest absolute Gasteiger partial charge is 0.332 e. The third-order valence-electron chi connectivity index (χ3n) is 5.11. The van der Waals surface area contributed by atoms with Gasteiger partial charge in [0, 0.05) is 33.2 Å². The van der Waals surface area contributed by atoms with Gasteiger partial charge in [0.25, 0.3) is 5.56 Å². The average molecular weight is 394 g/mol. The SMILES string of the molecule is CC1CCCN(C(=O)CSc2nc3c(c(=O)n(C)c(=O)n3C)n2C(C)C)C1. The zero-order chi connectivity index (χ0) is 19.9. The van der Waals surface area contributed by atoms with Crippen molar-refractivity contribution in [3.63, 3.8) is 0 Å². The lowest BCUT2D eigenvalue weighted by Gasteiger charge is -2.30. The van der Waals surface area contributed by atoms with Crippen molar-refractivity contribution in [3.8, 4) is 0 Å². The number of thioether (sulfide) groups is 1. The van der Waals surface area contributed by atoms with Crippen molar-refractivity contribution >= 4 is 28.8 Å². The fourth-order valence-electron chi connectivity index (χ4n) is 3.61. The van der Waals surface area contributed by atoms with Crippen molar-refractivity contribution in [2.45, 2.75) is 44.8 Å². The number of carbonyl (C=O) groups excluding carboxylic acids is 1. The molecule has 2 aromatic heterocycles. The normalized spacial score (nSPS) is 17.9. The maximum Gasteiger partial charge on any atom is 0.332 e. The highest BCUT2D eigenvalue weighted by molar-refractivity contribution is 7.99. The summed E-state index contributed by atoms with van der Waals surface area (Å²) in [4.78, 5) is 43.9. The Balaban J connectivity index is 1.95. The second-order valence-corrected chi connectivity index (χ2v) is 8.55. The van der Waals surface area contributed by atoms with Crippen LogP contribution in [-0.4, -0.2) is 48.3 Å². The predicted molar refractivity (Wildman–Crippen MR) is 106 cm³/mol. The quantitative estimate of drug-likeness (QED) is 0.733. The fraction of sp³-hybridized carbons (Fsp3) is 0.667. The number of hydrogen-bond acceptors (Lipinski definition) is 5. The summed E-state index contributed by atoms with van der Waals surface area (Å²) in [6.07, 6.45) is 2.21. The van der Waals surface area contributed by atoms with Gasteiger partial charge >= 0.3 is 5.69 Å². The standard InChI is InChI=1S/C18H27N5O3S/c1-11(2)23-14-15(20(4)18(26)21(5)16(14)25)19-17(23)27-10-13(24)22-8-6-7-12(3)9-22/h11-12H,6-10H2,1-5H3. The maximum atomic E-state index is 12.7. The molecular weight excluding hydrogens is 366 g/mol. The summed E-state index contributed by atoms with van der Waals surface area (Å²) in [6.45, 7) is 7.70.